The van der Waals surface area contributed by atoms with Crippen LogP contribution in [-0.4, -0.2) is 22.4 Å². The molecular weight excluding hydrogens is 541 g/mol. The Kier molecular flexibility index (Phi) is 6.71. The minimum atomic E-state index is -5.05. The molecule has 0 atom stereocenters. The summed E-state index contributed by atoms with van der Waals surface area (Å²) in [6.07, 6.45) is -8.77. The molecule has 0 fully saturated rings. The average Bonchev–Trinajstić information content (AvgIpc) is 2.89. The van der Waals surface area contributed by atoms with Gasteiger partial charge in [-0.2, -0.15) is 26.3 Å². The van der Waals surface area contributed by atoms with E-state index in [0.717, 1.165) is 10.5 Å². The summed E-state index contributed by atoms with van der Waals surface area (Å²) in [5.74, 6) is -1.44. The zero-order valence-electron chi connectivity index (χ0n) is 21.0. The summed E-state index contributed by atoms with van der Waals surface area (Å²) in [4.78, 5) is 28.5. The van der Waals surface area contributed by atoms with Gasteiger partial charge in [0, 0.05) is 31.1 Å². The molecule has 0 N–H and O–H groups in total. The average molecular weight is 562 g/mol. The summed E-state index contributed by atoms with van der Waals surface area (Å²) >= 11 is 0. The standard InChI is InChI=1S/C29H21F7N2O2/c1-37(15-16-12-19(28(31,32)33)14-20(13-16)29(34,35)36)26(39)24-23(17-7-9-21(30)10-8-17)22-6-2-4-18-5-3-11-38(25(18)22)27(24)40/h2,4,6-10,12-14H,3,5,11,15H2,1H3. The molecule has 1 aliphatic heterocycles. The van der Waals surface area contributed by atoms with E-state index in [2.05, 4.69) is 0 Å². The van der Waals surface area contributed by atoms with Crippen molar-refractivity contribution >= 4 is 16.8 Å². The first kappa shape index (κ1) is 27.4. The molecule has 0 unspecified atom stereocenters. The first-order valence-corrected chi connectivity index (χ1v) is 12.2. The number of rotatable bonds is 4. The third kappa shape index (κ3) is 4.96. The van der Waals surface area contributed by atoms with Gasteiger partial charge in [0.25, 0.3) is 11.5 Å². The minimum Gasteiger partial charge on any atom is -0.337 e. The highest BCUT2D eigenvalue weighted by molar-refractivity contribution is 6.09. The number of hydrogen-bond acceptors (Lipinski definition) is 2. The van der Waals surface area contributed by atoms with Crippen molar-refractivity contribution in [2.75, 3.05) is 7.05 Å². The van der Waals surface area contributed by atoms with Crippen molar-refractivity contribution in [1.29, 1.82) is 0 Å². The van der Waals surface area contributed by atoms with E-state index in [9.17, 15) is 40.3 Å². The van der Waals surface area contributed by atoms with Gasteiger partial charge in [0.15, 0.2) is 0 Å². The highest BCUT2D eigenvalue weighted by Gasteiger charge is 2.37. The zero-order valence-corrected chi connectivity index (χ0v) is 21.0. The molecule has 4 aromatic rings. The summed E-state index contributed by atoms with van der Waals surface area (Å²) in [6, 6.07) is 11.6. The number of halogens is 7. The molecule has 0 radical (unpaired) electrons. The number of para-hydroxylation sites is 1. The van der Waals surface area contributed by atoms with Crippen LogP contribution in [0.1, 0.15) is 39.0 Å². The van der Waals surface area contributed by atoms with E-state index in [1.54, 1.807) is 12.1 Å². The number of carbonyl (C=O) groups is 1. The van der Waals surface area contributed by atoms with E-state index in [4.69, 9.17) is 0 Å². The Morgan fingerprint density at radius 1 is 0.925 bits per heavy atom. The number of hydrogen-bond donors (Lipinski definition) is 0. The van der Waals surface area contributed by atoms with Crippen LogP contribution in [0, 0.1) is 5.82 Å². The number of benzene rings is 3. The van der Waals surface area contributed by atoms with Crippen molar-refractivity contribution in [3.63, 3.8) is 0 Å². The summed E-state index contributed by atoms with van der Waals surface area (Å²) in [7, 11) is 1.20. The van der Waals surface area contributed by atoms with Gasteiger partial charge >= 0.3 is 12.4 Å². The van der Waals surface area contributed by atoms with Crippen LogP contribution in [0.4, 0.5) is 30.7 Å². The molecule has 1 aliphatic rings. The zero-order chi connectivity index (χ0) is 29.0. The molecule has 0 aliphatic carbocycles. The maximum absolute atomic E-state index is 13.8. The van der Waals surface area contributed by atoms with Crippen LogP contribution >= 0.6 is 0 Å². The van der Waals surface area contributed by atoms with E-state index >= 15 is 0 Å². The molecule has 40 heavy (non-hydrogen) atoms. The minimum absolute atomic E-state index is 0.00994. The van der Waals surface area contributed by atoms with Crippen molar-refractivity contribution in [3.05, 3.63) is 105 Å². The molecule has 3 aromatic carbocycles. The Hall–Kier alpha value is -4.15. The Bertz CT molecular complexity index is 1650. The second-order valence-electron chi connectivity index (χ2n) is 9.71. The largest absolute Gasteiger partial charge is 0.416 e. The Morgan fingerprint density at radius 2 is 1.55 bits per heavy atom. The van der Waals surface area contributed by atoms with Crippen molar-refractivity contribution in [3.8, 4) is 11.1 Å². The Morgan fingerprint density at radius 3 is 2.15 bits per heavy atom. The van der Waals surface area contributed by atoms with Crippen LogP contribution in [0.25, 0.3) is 22.0 Å². The van der Waals surface area contributed by atoms with E-state index in [1.165, 1.54) is 35.9 Å². The lowest BCUT2D eigenvalue weighted by Gasteiger charge is -2.25. The van der Waals surface area contributed by atoms with Crippen LogP contribution in [0.2, 0.25) is 0 Å². The SMILES string of the molecule is CN(Cc1cc(C(F)(F)F)cc(C(F)(F)F)c1)C(=O)c1c(-c2ccc(F)cc2)c2cccc3c2n(c1=O)CCC3. The maximum atomic E-state index is 13.8. The van der Waals surface area contributed by atoms with Crippen molar-refractivity contribution in [1.82, 2.24) is 9.47 Å². The lowest BCUT2D eigenvalue weighted by atomic mass is 9.91. The van der Waals surface area contributed by atoms with E-state index < -0.39 is 52.9 Å². The quantitative estimate of drug-likeness (QED) is 0.250. The van der Waals surface area contributed by atoms with E-state index in [-0.39, 0.29) is 17.2 Å². The maximum Gasteiger partial charge on any atom is 0.416 e. The fraction of sp³-hybridized carbons (Fsp3) is 0.241. The van der Waals surface area contributed by atoms with Gasteiger partial charge in [0.1, 0.15) is 11.4 Å². The molecule has 0 spiro atoms. The molecule has 0 bridgehead atoms. The molecule has 11 heteroatoms. The molecule has 0 saturated carbocycles. The predicted molar refractivity (Wildman–Crippen MR) is 134 cm³/mol. The van der Waals surface area contributed by atoms with Gasteiger partial charge in [-0.3, -0.25) is 9.59 Å². The molecule has 4 nitrogen and oxygen atoms in total. The smallest absolute Gasteiger partial charge is 0.337 e. The van der Waals surface area contributed by atoms with Crippen LogP contribution < -0.4 is 5.56 Å². The molecule has 5 rings (SSSR count). The van der Waals surface area contributed by atoms with Crippen LogP contribution in [-0.2, 0) is 31.9 Å². The van der Waals surface area contributed by atoms with Gasteiger partial charge in [-0.25, -0.2) is 4.39 Å². The van der Waals surface area contributed by atoms with E-state index in [1.807, 2.05) is 6.07 Å². The highest BCUT2D eigenvalue weighted by atomic mass is 19.4. The number of nitrogens with zero attached hydrogens (tertiary/aromatic N) is 2. The summed E-state index contributed by atoms with van der Waals surface area (Å²) in [5, 5.41) is 0.554. The van der Waals surface area contributed by atoms with Crippen molar-refractivity contribution < 1.29 is 35.5 Å². The van der Waals surface area contributed by atoms with Crippen molar-refractivity contribution in [2.24, 2.45) is 0 Å². The van der Waals surface area contributed by atoms with Gasteiger partial charge in [-0.15, -0.1) is 0 Å². The van der Waals surface area contributed by atoms with Crippen molar-refractivity contribution in [2.45, 2.75) is 38.3 Å². The fourth-order valence-corrected chi connectivity index (χ4v) is 5.19. The molecule has 1 amide bonds. The molecule has 2 heterocycles. The van der Waals surface area contributed by atoms with Crippen LogP contribution in [0.5, 0.6) is 0 Å². The van der Waals surface area contributed by atoms with Crippen LogP contribution in [0.3, 0.4) is 0 Å². The Balaban J connectivity index is 1.66. The number of alkyl halides is 6. The number of amides is 1. The van der Waals surface area contributed by atoms with E-state index in [0.29, 0.717) is 48.0 Å². The number of pyridine rings is 1. The molecular formula is C29H21F7N2O2. The Labute approximate surface area is 223 Å². The predicted octanol–water partition coefficient (Wildman–Crippen LogP) is 7.06. The summed E-state index contributed by atoms with van der Waals surface area (Å²) in [5.41, 5.74) is -2.27. The lowest BCUT2D eigenvalue weighted by molar-refractivity contribution is -0.143. The summed E-state index contributed by atoms with van der Waals surface area (Å²) in [6.45, 7) is -0.311. The highest BCUT2D eigenvalue weighted by Crippen LogP contribution is 2.38. The molecule has 1 aromatic heterocycles. The topological polar surface area (TPSA) is 42.3 Å². The van der Waals surface area contributed by atoms with Gasteiger partial charge in [0.2, 0.25) is 0 Å². The number of aryl methyl sites for hydroxylation is 2. The first-order chi connectivity index (χ1) is 18.8. The normalized spacial score (nSPS) is 13.5. The number of carbonyl (C=O) groups excluding carboxylic acids is 1. The third-order valence-electron chi connectivity index (χ3n) is 6.96. The van der Waals surface area contributed by atoms with Crippen LogP contribution in [0.15, 0.2) is 65.5 Å². The first-order valence-electron chi connectivity index (χ1n) is 12.2. The molecule has 0 saturated heterocycles. The van der Waals surface area contributed by atoms with Gasteiger partial charge in [-0.1, -0.05) is 30.3 Å². The molecule has 208 valence electrons. The third-order valence-corrected chi connectivity index (χ3v) is 6.96. The van der Waals surface area contributed by atoms with Gasteiger partial charge < -0.3 is 9.47 Å². The summed E-state index contributed by atoms with van der Waals surface area (Å²) < 4.78 is 95.4. The fourth-order valence-electron chi connectivity index (χ4n) is 5.19. The second kappa shape index (κ2) is 9.79. The second-order valence-corrected chi connectivity index (χ2v) is 9.71. The number of aromatic nitrogens is 1. The monoisotopic (exact) mass is 562 g/mol. The van der Waals surface area contributed by atoms with Gasteiger partial charge in [-0.05, 0) is 59.9 Å². The van der Waals surface area contributed by atoms with Gasteiger partial charge in [0.05, 0.1) is 16.6 Å². The lowest BCUT2D eigenvalue weighted by Crippen LogP contribution is -2.36.